The van der Waals surface area contributed by atoms with Crippen molar-refractivity contribution in [3.8, 4) is 33.4 Å². The van der Waals surface area contributed by atoms with Crippen molar-refractivity contribution in [2.75, 3.05) is 4.90 Å². The van der Waals surface area contributed by atoms with Crippen LogP contribution in [0.15, 0.2) is 168 Å². The molecule has 1 aromatic heterocycles. The summed E-state index contributed by atoms with van der Waals surface area (Å²) in [5.74, 6) is 0. The van der Waals surface area contributed by atoms with Crippen molar-refractivity contribution >= 4 is 49.8 Å². The third kappa shape index (κ3) is 4.23. The molecule has 2 nitrogen and oxygen atoms in total. The van der Waals surface area contributed by atoms with Crippen molar-refractivity contribution in [1.29, 1.82) is 0 Å². The minimum atomic E-state index is -0.176. The van der Waals surface area contributed by atoms with Crippen molar-refractivity contribution in [3.63, 3.8) is 0 Å². The molecule has 0 saturated carbocycles. The molecule has 0 bridgehead atoms. The van der Waals surface area contributed by atoms with E-state index in [1.165, 1.54) is 66.4 Å². The van der Waals surface area contributed by atoms with Gasteiger partial charge in [-0.25, -0.2) is 0 Å². The fourth-order valence-electron chi connectivity index (χ4n) is 9.82. The second-order valence-corrected chi connectivity index (χ2v) is 16.1. The summed E-state index contributed by atoms with van der Waals surface area (Å²) in [5.41, 5.74) is 18.0. The molecule has 0 spiro atoms. The van der Waals surface area contributed by atoms with Gasteiger partial charge in [0, 0.05) is 50.1 Å². The lowest BCUT2D eigenvalue weighted by atomic mass is 9.79. The van der Waals surface area contributed by atoms with Crippen LogP contribution in [-0.2, 0) is 10.8 Å². The second kappa shape index (κ2) is 11.1. The van der Waals surface area contributed by atoms with E-state index in [1.807, 2.05) is 0 Å². The molecule has 0 aliphatic heterocycles. The topological polar surface area (TPSA) is 16.4 Å². The van der Waals surface area contributed by atoms with E-state index < -0.39 is 0 Å². The average Bonchev–Trinajstić information content (AvgIpc) is 3.78. The predicted molar refractivity (Wildman–Crippen MR) is 226 cm³/mol. The Kier molecular flexibility index (Phi) is 6.39. The van der Waals surface area contributed by atoms with E-state index in [-0.39, 0.29) is 10.8 Å². The first-order chi connectivity index (χ1) is 26.3. The molecule has 11 rings (SSSR count). The van der Waals surface area contributed by atoms with E-state index in [0.717, 1.165) is 39.0 Å². The molecule has 1 heterocycles. The van der Waals surface area contributed by atoms with Gasteiger partial charge in [-0.2, -0.15) is 0 Å². The largest absolute Gasteiger partial charge is 0.455 e. The van der Waals surface area contributed by atoms with Gasteiger partial charge in [0.25, 0.3) is 0 Å². The van der Waals surface area contributed by atoms with Crippen LogP contribution in [-0.4, -0.2) is 0 Å². The molecule has 2 heteroatoms. The molecular formula is C52H39NO. The Morgan fingerprint density at radius 1 is 0.426 bits per heavy atom. The summed E-state index contributed by atoms with van der Waals surface area (Å²) in [6.45, 7) is 9.44. The Bertz CT molecular complexity index is 2980. The number of rotatable bonds is 4. The van der Waals surface area contributed by atoms with Gasteiger partial charge in [-0.3, -0.25) is 0 Å². The number of fused-ring (bicyclic) bond motifs is 13. The van der Waals surface area contributed by atoms with Gasteiger partial charge in [0.2, 0.25) is 0 Å². The second-order valence-electron chi connectivity index (χ2n) is 16.1. The van der Waals surface area contributed by atoms with E-state index >= 15 is 0 Å². The molecule has 2 aliphatic rings. The summed E-state index contributed by atoms with van der Waals surface area (Å²) in [4.78, 5) is 2.39. The molecule has 2 aliphatic carbocycles. The van der Waals surface area contributed by atoms with Gasteiger partial charge in [0.15, 0.2) is 0 Å². The number of nitrogens with zero attached hydrogens (tertiary/aromatic N) is 1. The first kappa shape index (κ1) is 31.2. The maximum atomic E-state index is 7.05. The fraction of sp³-hybridized carbons (Fsp3) is 0.115. The van der Waals surface area contributed by atoms with Gasteiger partial charge in [-0.1, -0.05) is 149 Å². The van der Waals surface area contributed by atoms with Crippen molar-refractivity contribution in [3.05, 3.63) is 186 Å². The van der Waals surface area contributed by atoms with Gasteiger partial charge >= 0.3 is 0 Å². The fourth-order valence-corrected chi connectivity index (χ4v) is 9.82. The Morgan fingerprint density at radius 2 is 1.00 bits per heavy atom. The summed E-state index contributed by atoms with van der Waals surface area (Å²) < 4.78 is 7.05. The molecule has 0 saturated heterocycles. The van der Waals surface area contributed by atoms with Crippen LogP contribution in [0.25, 0.3) is 66.1 Å². The van der Waals surface area contributed by atoms with Crippen LogP contribution in [0.2, 0.25) is 0 Å². The predicted octanol–water partition coefficient (Wildman–Crippen LogP) is 14.5. The highest BCUT2D eigenvalue weighted by Gasteiger charge is 2.40. The number of anilines is 3. The highest BCUT2D eigenvalue weighted by Crippen LogP contribution is 2.57. The van der Waals surface area contributed by atoms with Crippen molar-refractivity contribution < 1.29 is 4.42 Å². The SMILES string of the molecule is CC1(C)c2ccccc2-c2ccc(N(c3ccc(-c4ccccc4)cc3)c3ccc4c(c3)oc3c5ccccc5c5c(c43)C(C)(C)c3ccccc3-5)cc21. The Labute approximate surface area is 315 Å². The number of benzene rings is 8. The van der Waals surface area contributed by atoms with E-state index in [1.54, 1.807) is 0 Å². The summed E-state index contributed by atoms with van der Waals surface area (Å²) in [7, 11) is 0. The summed E-state index contributed by atoms with van der Waals surface area (Å²) in [6.07, 6.45) is 0. The summed E-state index contributed by atoms with van der Waals surface area (Å²) in [5, 5.41) is 4.79. The Balaban J connectivity index is 1.14. The third-order valence-corrected chi connectivity index (χ3v) is 12.4. The molecular weight excluding hydrogens is 655 g/mol. The zero-order chi connectivity index (χ0) is 36.3. The highest BCUT2D eigenvalue weighted by atomic mass is 16.3. The third-order valence-electron chi connectivity index (χ3n) is 12.4. The Morgan fingerprint density at radius 3 is 1.78 bits per heavy atom. The van der Waals surface area contributed by atoms with Gasteiger partial charge in [-0.15, -0.1) is 0 Å². The van der Waals surface area contributed by atoms with Crippen LogP contribution >= 0.6 is 0 Å². The monoisotopic (exact) mass is 693 g/mol. The molecule has 9 aromatic rings. The minimum absolute atomic E-state index is 0.112. The normalized spacial score (nSPS) is 14.6. The lowest BCUT2D eigenvalue weighted by Gasteiger charge is -2.28. The molecule has 0 N–H and O–H groups in total. The molecule has 0 fully saturated rings. The average molecular weight is 694 g/mol. The molecule has 0 radical (unpaired) electrons. The summed E-state index contributed by atoms with van der Waals surface area (Å²) in [6, 6.07) is 60.0. The molecule has 0 unspecified atom stereocenters. The van der Waals surface area contributed by atoms with Crippen molar-refractivity contribution in [1.82, 2.24) is 0 Å². The van der Waals surface area contributed by atoms with Crippen LogP contribution in [0.3, 0.4) is 0 Å². The van der Waals surface area contributed by atoms with Crippen LogP contribution in [0.4, 0.5) is 17.1 Å². The van der Waals surface area contributed by atoms with Crippen LogP contribution in [0, 0.1) is 0 Å². The first-order valence-corrected chi connectivity index (χ1v) is 19.0. The lowest BCUT2D eigenvalue weighted by molar-refractivity contribution is 0.659. The molecule has 54 heavy (non-hydrogen) atoms. The Hall–Kier alpha value is -6.38. The quantitative estimate of drug-likeness (QED) is 0.182. The zero-order valence-electron chi connectivity index (χ0n) is 30.9. The van der Waals surface area contributed by atoms with Gasteiger partial charge in [0.1, 0.15) is 11.2 Å². The summed E-state index contributed by atoms with van der Waals surface area (Å²) >= 11 is 0. The van der Waals surface area contributed by atoms with E-state index in [2.05, 4.69) is 196 Å². The van der Waals surface area contributed by atoms with E-state index in [0.29, 0.717) is 0 Å². The number of furan rings is 1. The standard InChI is InChI=1S/C52H39NO/c1-51(2)43-20-12-10-16-37(43)38-28-26-35(30-45(38)51)53(34-24-22-33(23-25-34)32-14-6-5-7-15-32)36-27-29-42-46(31-36)54-50-40-18-9-8-17-39(40)47-41-19-11-13-21-44(41)52(3,4)49(47)48(42)50/h5-31H,1-4H3. The van der Waals surface area contributed by atoms with Crippen molar-refractivity contribution in [2.45, 2.75) is 38.5 Å². The first-order valence-electron chi connectivity index (χ1n) is 19.0. The zero-order valence-corrected chi connectivity index (χ0v) is 30.9. The number of hydrogen-bond acceptors (Lipinski definition) is 2. The smallest absolute Gasteiger partial charge is 0.143 e. The van der Waals surface area contributed by atoms with Crippen LogP contribution in [0.1, 0.15) is 49.9 Å². The van der Waals surface area contributed by atoms with E-state index in [4.69, 9.17) is 4.42 Å². The lowest BCUT2D eigenvalue weighted by Crippen LogP contribution is -2.16. The van der Waals surface area contributed by atoms with E-state index in [9.17, 15) is 0 Å². The van der Waals surface area contributed by atoms with Gasteiger partial charge in [0.05, 0.1) is 0 Å². The van der Waals surface area contributed by atoms with Gasteiger partial charge in [-0.05, 0) is 97.4 Å². The molecule has 0 atom stereocenters. The maximum absolute atomic E-state index is 7.05. The maximum Gasteiger partial charge on any atom is 0.143 e. The highest BCUT2D eigenvalue weighted by molar-refractivity contribution is 6.23. The van der Waals surface area contributed by atoms with Crippen molar-refractivity contribution in [2.24, 2.45) is 0 Å². The van der Waals surface area contributed by atoms with Crippen LogP contribution < -0.4 is 4.90 Å². The van der Waals surface area contributed by atoms with Gasteiger partial charge < -0.3 is 9.32 Å². The molecule has 8 aromatic carbocycles. The molecule has 0 amide bonds. The minimum Gasteiger partial charge on any atom is -0.455 e. The number of hydrogen-bond donors (Lipinski definition) is 0. The molecule has 258 valence electrons. The van der Waals surface area contributed by atoms with Crippen LogP contribution in [0.5, 0.6) is 0 Å².